The number of likely N-dealkylation sites (tertiary alicyclic amines) is 1. The molecule has 3 rings (SSSR count). The summed E-state index contributed by atoms with van der Waals surface area (Å²) in [6.07, 6.45) is 3.36. The molecule has 0 amide bonds. The highest BCUT2D eigenvalue weighted by Gasteiger charge is 2.24. The van der Waals surface area contributed by atoms with Crippen LogP contribution in [0.2, 0.25) is 0 Å². The number of hydrogen-bond acceptors (Lipinski definition) is 6. The van der Waals surface area contributed by atoms with Crippen molar-refractivity contribution in [1.82, 2.24) is 4.90 Å². The lowest BCUT2D eigenvalue weighted by Gasteiger charge is -2.26. The molecule has 26 heavy (non-hydrogen) atoms. The van der Waals surface area contributed by atoms with E-state index >= 15 is 0 Å². The van der Waals surface area contributed by atoms with Crippen molar-refractivity contribution in [2.24, 2.45) is 0 Å². The van der Waals surface area contributed by atoms with Crippen molar-refractivity contribution in [2.75, 3.05) is 20.1 Å². The Bertz CT molecular complexity index is 856. The fraction of sp³-hybridized carbons (Fsp3) is 0.150. The van der Waals surface area contributed by atoms with Gasteiger partial charge in [-0.25, -0.2) is 0 Å². The first-order valence-electron chi connectivity index (χ1n) is 8.02. The van der Waals surface area contributed by atoms with Gasteiger partial charge in [-0.05, 0) is 54.6 Å². The largest absolute Gasteiger partial charge is 0.504 e. The number of likely N-dealkylation sites (N-methyl/N-ethyl adjacent to an activating group) is 1. The quantitative estimate of drug-likeness (QED) is 0.489. The standard InChI is InChI=1S/C20H19NO5/c1-21-10-14(6-12-2-4-16(22)18(24)8-12)20(26)15(11-21)7-13-3-5-17(23)19(25)9-13/h2-9,22-25H,10-11H2,1H3/b14-6-,15-7+. The van der Waals surface area contributed by atoms with Crippen LogP contribution in [-0.2, 0) is 4.79 Å². The molecule has 1 aliphatic heterocycles. The van der Waals surface area contributed by atoms with Gasteiger partial charge in [0.25, 0.3) is 0 Å². The molecule has 0 spiro atoms. The van der Waals surface area contributed by atoms with Crippen LogP contribution in [0.5, 0.6) is 23.0 Å². The fourth-order valence-electron chi connectivity index (χ4n) is 2.87. The van der Waals surface area contributed by atoms with E-state index in [1.807, 2.05) is 11.9 Å². The lowest BCUT2D eigenvalue weighted by atomic mass is 9.94. The molecule has 0 atom stereocenters. The maximum Gasteiger partial charge on any atom is 0.187 e. The van der Waals surface area contributed by atoms with Crippen molar-refractivity contribution in [3.63, 3.8) is 0 Å². The lowest BCUT2D eigenvalue weighted by Crippen LogP contribution is -2.34. The number of rotatable bonds is 2. The number of Topliss-reactive ketones (excluding diaryl/α,β-unsaturated/α-hetero) is 1. The van der Waals surface area contributed by atoms with E-state index in [1.165, 1.54) is 24.3 Å². The van der Waals surface area contributed by atoms with Crippen LogP contribution >= 0.6 is 0 Å². The molecule has 1 saturated heterocycles. The first-order chi connectivity index (χ1) is 12.3. The average Bonchev–Trinajstić information content (AvgIpc) is 2.58. The van der Waals surface area contributed by atoms with E-state index in [0.717, 1.165) is 0 Å². The minimum Gasteiger partial charge on any atom is -0.504 e. The van der Waals surface area contributed by atoms with Crippen molar-refractivity contribution >= 4 is 17.9 Å². The van der Waals surface area contributed by atoms with Gasteiger partial charge in [-0.3, -0.25) is 9.69 Å². The Labute approximate surface area is 150 Å². The van der Waals surface area contributed by atoms with E-state index in [1.54, 1.807) is 24.3 Å². The smallest absolute Gasteiger partial charge is 0.187 e. The Hall–Kier alpha value is -3.25. The molecule has 6 nitrogen and oxygen atoms in total. The van der Waals surface area contributed by atoms with E-state index in [9.17, 15) is 25.2 Å². The fourth-order valence-corrected chi connectivity index (χ4v) is 2.87. The van der Waals surface area contributed by atoms with Crippen molar-refractivity contribution < 1.29 is 25.2 Å². The molecule has 134 valence electrons. The number of ketones is 1. The summed E-state index contributed by atoms with van der Waals surface area (Å²) in [6, 6.07) is 8.76. The monoisotopic (exact) mass is 353 g/mol. The number of benzene rings is 2. The van der Waals surface area contributed by atoms with Crippen LogP contribution in [0, 0.1) is 0 Å². The molecule has 1 heterocycles. The van der Waals surface area contributed by atoms with Gasteiger partial charge in [-0.15, -0.1) is 0 Å². The summed E-state index contributed by atoms with van der Waals surface area (Å²) in [6.45, 7) is 0.914. The number of piperidine rings is 1. The Morgan fingerprint density at radius 1 is 0.769 bits per heavy atom. The minimum absolute atomic E-state index is 0.122. The van der Waals surface area contributed by atoms with Gasteiger partial charge in [0, 0.05) is 24.2 Å². The second-order valence-corrected chi connectivity index (χ2v) is 6.34. The Morgan fingerprint density at radius 2 is 1.19 bits per heavy atom. The topological polar surface area (TPSA) is 101 Å². The number of phenols is 4. The van der Waals surface area contributed by atoms with Gasteiger partial charge in [0.15, 0.2) is 28.8 Å². The van der Waals surface area contributed by atoms with Crippen LogP contribution in [0.4, 0.5) is 0 Å². The summed E-state index contributed by atoms with van der Waals surface area (Å²) >= 11 is 0. The third-order valence-electron chi connectivity index (χ3n) is 4.14. The molecule has 4 N–H and O–H groups in total. The molecule has 6 heteroatoms. The van der Waals surface area contributed by atoms with Crippen molar-refractivity contribution in [2.45, 2.75) is 0 Å². The van der Waals surface area contributed by atoms with E-state index in [-0.39, 0.29) is 28.8 Å². The van der Waals surface area contributed by atoms with Crippen LogP contribution in [-0.4, -0.2) is 51.2 Å². The number of aromatic hydroxyl groups is 4. The number of phenolic OH excluding ortho intramolecular Hbond substituents is 4. The van der Waals surface area contributed by atoms with Crippen LogP contribution in [0.25, 0.3) is 12.2 Å². The number of hydrogen-bond donors (Lipinski definition) is 4. The van der Waals surface area contributed by atoms with Gasteiger partial charge in [0.05, 0.1) is 0 Å². The molecule has 0 unspecified atom stereocenters. The zero-order valence-electron chi connectivity index (χ0n) is 14.2. The van der Waals surface area contributed by atoms with Crippen LogP contribution in [0.1, 0.15) is 11.1 Å². The zero-order valence-corrected chi connectivity index (χ0v) is 14.2. The molecular formula is C20H19NO5. The molecule has 0 saturated carbocycles. The summed E-state index contributed by atoms with van der Waals surface area (Å²) in [5, 5.41) is 38.0. The lowest BCUT2D eigenvalue weighted by molar-refractivity contribution is -0.113. The zero-order chi connectivity index (χ0) is 18.8. The molecule has 0 radical (unpaired) electrons. The van der Waals surface area contributed by atoms with Crippen molar-refractivity contribution in [3.05, 3.63) is 58.7 Å². The van der Waals surface area contributed by atoms with Gasteiger partial charge in [0.1, 0.15) is 0 Å². The first kappa shape index (κ1) is 17.6. The first-order valence-corrected chi connectivity index (χ1v) is 8.02. The van der Waals surface area contributed by atoms with Crippen molar-refractivity contribution in [3.8, 4) is 23.0 Å². The number of carbonyl (C=O) groups is 1. The highest BCUT2D eigenvalue weighted by Crippen LogP contribution is 2.29. The Morgan fingerprint density at radius 3 is 1.58 bits per heavy atom. The predicted molar refractivity (Wildman–Crippen MR) is 98.0 cm³/mol. The van der Waals surface area contributed by atoms with E-state index < -0.39 is 0 Å². The molecule has 2 aromatic rings. The summed E-state index contributed by atoms with van der Waals surface area (Å²) in [5.41, 5.74) is 2.33. The summed E-state index contributed by atoms with van der Waals surface area (Å²) in [5.74, 6) is -1.04. The molecule has 0 bridgehead atoms. The number of nitrogens with zero attached hydrogens (tertiary/aromatic N) is 1. The Balaban J connectivity index is 1.94. The molecule has 1 aliphatic rings. The third kappa shape index (κ3) is 3.70. The minimum atomic E-state index is -0.244. The highest BCUT2D eigenvalue weighted by atomic mass is 16.3. The summed E-state index contributed by atoms with van der Waals surface area (Å²) in [7, 11) is 1.89. The van der Waals surface area contributed by atoms with Crippen LogP contribution in [0.3, 0.4) is 0 Å². The molecule has 0 aliphatic carbocycles. The van der Waals surface area contributed by atoms with Gasteiger partial charge < -0.3 is 20.4 Å². The van der Waals surface area contributed by atoms with E-state index in [0.29, 0.717) is 35.4 Å². The molecule has 0 aromatic heterocycles. The maximum absolute atomic E-state index is 12.8. The molecule has 1 fully saturated rings. The van der Waals surface area contributed by atoms with Crippen LogP contribution in [0.15, 0.2) is 47.5 Å². The SMILES string of the molecule is CN1C/C(=C/c2ccc(O)c(O)c2)C(=O)/C(=C/c2ccc(O)c(O)c2)C1. The average molecular weight is 353 g/mol. The van der Waals surface area contributed by atoms with Gasteiger partial charge in [0.2, 0.25) is 0 Å². The normalized spacial score (nSPS) is 18.6. The van der Waals surface area contributed by atoms with Gasteiger partial charge in [-0.1, -0.05) is 12.1 Å². The molecule has 2 aromatic carbocycles. The Kier molecular flexibility index (Phi) is 4.69. The van der Waals surface area contributed by atoms with Crippen LogP contribution < -0.4 is 0 Å². The third-order valence-corrected chi connectivity index (χ3v) is 4.14. The second kappa shape index (κ2) is 6.93. The van der Waals surface area contributed by atoms with Gasteiger partial charge in [-0.2, -0.15) is 0 Å². The van der Waals surface area contributed by atoms with E-state index in [4.69, 9.17) is 0 Å². The maximum atomic E-state index is 12.8. The predicted octanol–water partition coefficient (Wildman–Crippen LogP) is 2.49. The summed E-state index contributed by atoms with van der Waals surface area (Å²) in [4.78, 5) is 14.8. The van der Waals surface area contributed by atoms with Crippen molar-refractivity contribution in [1.29, 1.82) is 0 Å². The van der Waals surface area contributed by atoms with E-state index in [2.05, 4.69) is 0 Å². The highest BCUT2D eigenvalue weighted by molar-refractivity contribution is 6.14. The number of carbonyl (C=O) groups excluding carboxylic acids is 1. The second-order valence-electron chi connectivity index (χ2n) is 6.34. The van der Waals surface area contributed by atoms with Gasteiger partial charge >= 0.3 is 0 Å². The molecular weight excluding hydrogens is 334 g/mol. The summed E-state index contributed by atoms with van der Waals surface area (Å²) < 4.78 is 0.